The van der Waals surface area contributed by atoms with E-state index in [4.69, 9.17) is 18.6 Å². The number of methoxy groups -OCH3 is 1. The number of aliphatic hydroxyl groups excluding tert-OH is 3. The minimum Gasteiger partial charge on any atom is -0.508 e. The summed E-state index contributed by atoms with van der Waals surface area (Å²) in [6.45, 7) is 1.17. The highest BCUT2D eigenvalue weighted by molar-refractivity contribution is 5.95. The Labute approximate surface area is 175 Å². The SMILES string of the molecule is CO[C@H]1[C@H](O)[C@@H](O)[C@H](Oc2cc(C)c3c(=O)c4c(O)cc(O)cc4oc3c2)O[C@@H]1CO. The standard InChI is InChI=1S/C21H22O10/c1-8-3-10(29-21-19(27)18(26)20(28-2)14(7-22)31-21)6-13-15(8)17(25)16-11(24)4-9(23)5-12(16)30-13/h3-6,14,18-24,26-27H,7H2,1-2H3/t14-,18-,19-,20-,21-/m1/s1. The highest BCUT2D eigenvalue weighted by Crippen LogP contribution is 2.33. The van der Waals surface area contributed by atoms with Gasteiger partial charge in [-0.15, -0.1) is 0 Å². The predicted octanol–water partition coefficient (Wildman–Crippen LogP) is 0.499. The number of aromatic hydroxyl groups is 2. The summed E-state index contributed by atoms with van der Waals surface area (Å²) in [6.07, 6.45) is -6.03. The molecule has 5 atom stereocenters. The number of aliphatic hydroxyl groups is 3. The Morgan fingerprint density at radius 3 is 2.42 bits per heavy atom. The minimum atomic E-state index is -1.47. The van der Waals surface area contributed by atoms with Gasteiger partial charge in [0.15, 0.2) is 0 Å². The molecule has 10 nitrogen and oxygen atoms in total. The van der Waals surface area contributed by atoms with Crippen LogP contribution in [0.3, 0.4) is 0 Å². The molecule has 0 amide bonds. The molecule has 4 rings (SSSR count). The zero-order valence-electron chi connectivity index (χ0n) is 16.7. The van der Waals surface area contributed by atoms with Crippen molar-refractivity contribution < 1.29 is 44.2 Å². The fourth-order valence-corrected chi connectivity index (χ4v) is 3.88. The van der Waals surface area contributed by atoms with Gasteiger partial charge in [0.1, 0.15) is 58.2 Å². The maximum absolute atomic E-state index is 12.9. The maximum Gasteiger partial charge on any atom is 0.229 e. The van der Waals surface area contributed by atoms with Gasteiger partial charge in [-0.1, -0.05) is 0 Å². The lowest BCUT2D eigenvalue weighted by molar-refractivity contribution is -0.281. The molecule has 1 fully saturated rings. The van der Waals surface area contributed by atoms with E-state index in [2.05, 4.69) is 0 Å². The number of aryl methyl sites for hydroxylation is 1. The zero-order chi connectivity index (χ0) is 22.4. The van der Waals surface area contributed by atoms with Crippen molar-refractivity contribution in [3.8, 4) is 17.2 Å². The molecule has 1 aromatic heterocycles. The number of phenolic OH excluding ortho intramolecular Hbond substituents is 2. The Morgan fingerprint density at radius 2 is 1.74 bits per heavy atom. The van der Waals surface area contributed by atoms with Gasteiger partial charge in [0.25, 0.3) is 0 Å². The minimum absolute atomic E-state index is 0.0146. The Hall–Kier alpha value is -2.89. The molecule has 0 spiro atoms. The summed E-state index contributed by atoms with van der Waals surface area (Å²) in [5, 5.41) is 50.0. The lowest BCUT2D eigenvalue weighted by atomic mass is 9.99. The van der Waals surface area contributed by atoms with Crippen LogP contribution in [0.15, 0.2) is 33.5 Å². The molecular formula is C21H22O10. The number of hydrogen-bond donors (Lipinski definition) is 5. The first-order chi connectivity index (χ1) is 14.7. The van der Waals surface area contributed by atoms with Gasteiger partial charge in [0.05, 0.1) is 12.0 Å². The number of rotatable bonds is 4. The highest BCUT2D eigenvalue weighted by atomic mass is 16.7. The van der Waals surface area contributed by atoms with Crippen LogP contribution in [-0.2, 0) is 9.47 Å². The molecule has 0 bridgehead atoms. The van der Waals surface area contributed by atoms with E-state index in [0.29, 0.717) is 5.56 Å². The molecule has 0 aliphatic carbocycles. The second kappa shape index (κ2) is 7.98. The Bertz CT molecular complexity index is 1180. The number of fused-ring (bicyclic) bond motifs is 2. The second-order valence-electron chi connectivity index (χ2n) is 7.41. The van der Waals surface area contributed by atoms with E-state index in [1.54, 1.807) is 6.92 Å². The first-order valence-electron chi connectivity index (χ1n) is 9.50. The maximum atomic E-state index is 12.9. The Morgan fingerprint density at radius 1 is 1.03 bits per heavy atom. The molecule has 2 aromatic carbocycles. The molecule has 0 saturated carbocycles. The number of ether oxygens (including phenoxy) is 3. The average molecular weight is 434 g/mol. The third kappa shape index (κ3) is 3.58. The van der Waals surface area contributed by atoms with Crippen molar-refractivity contribution in [2.45, 2.75) is 37.6 Å². The third-order valence-electron chi connectivity index (χ3n) is 5.36. The molecule has 10 heteroatoms. The van der Waals surface area contributed by atoms with Crippen molar-refractivity contribution in [3.05, 3.63) is 40.1 Å². The van der Waals surface area contributed by atoms with Crippen LogP contribution < -0.4 is 10.2 Å². The van der Waals surface area contributed by atoms with Crippen LogP contribution >= 0.6 is 0 Å². The summed E-state index contributed by atoms with van der Waals surface area (Å²) >= 11 is 0. The Balaban J connectivity index is 1.75. The van der Waals surface area contributed by atoms with Crippen LogP contribution in [0.1, 0.15) is 5.56 Å². The quantitative estimate of drug-likeness (QED) is 0.366. The highest BCUT2D eigenvalue weighted by Gasteiger charge is 2.45. The molecule has 166 valence electrons. The number of benzene rings is 2. The van der Waals surface area contributed by atoms with Crippen LogP contribution in [0, 0.1) is 6.92 Å². The van der Waals surface area contributed by atoms with Gasteiger partial charge < -0.3 is 44.2 Å². The molecule has 2 heterocycles. The van der Waals surface area contributed by atoms with Crippen molar-refractivity contribution in [3.63, 3.8) is 0 Å². The van der Waals surface area contributed by atoms with E-state index in [1.807, 2.05) is 0 Å². The van der Waals surface area contributed by atoms with Gasteiger partial charge in [-0.3, -0.25) is 4.79 Å². The lowest BCUT2D eigenvalue weighted by Gasteiger charge is -2.41. The van der Waals surface area contributed by atoms with Crippen LogP contribution in [0.4, 0.5) is 0 Å². The van der Waals surface area contributed by atoms with E-state index in [0.717, 1.165) is 6.07 Å². The van der Waals surface area contributed by atoms with Gasteiger partial charge in [0, 0.05) is 25.3 Å². The molecule has 0 radical (unpaired) electrons. The molecule has 1 aliphatic heterocycles. The first-order valence-corrected chi connectivity index (χ1v) is 9.50. The van der Waals surface area contributed by atoms with Crippen molar-refractivity contribution in [1.82, 2.24) is 0 Å². The van der Waals surface area contributed by atoms with E-state index >= 15 is 0 Å². The van der Waals surface area contributed by atoms with Gasteiger partial charge >= 0.3 is 0 Å². The second-order valence-corrected chi connectivity index (χ2v) is 7.41. The monoisotopic (exact) mass is 434 g/mol. The van der Waals surface area contributed by atoms with Gasteiger partial charge in [0.2, 0.25) is 11.7 Å². The smallest absolute Gasteiger partial charge is 0.229 e. The summed E-state index contributed by atoms with van der Waals surface area (Å²) in [5.41, 5.74) is 0.0939. The van der Waals surface area contributed by atoms with Crippen molar-refractivity contribution in [2.24, 2.45) is 0 Å². The summed E-state index contributed by atoms with van der Waals surface area (Å²) < 4.78 is 22.0. The van der Waals surface area contributed by atoms with E-state index < -0.39 is 48.5 Å². The largest absolute Gasteiger partial charge is 0.508 e. The fraction of sp³-hybridized carbons (Fsp3) is 0.381. The molecule has 1 saturated heterocycles. The molecule has 3 aromatic rings. The summed E-state index contributed by atoms with van der Waals surface area (Å²) in [4.78, 5) is 12.9. The molecule has 5 N–H and O–H groups in total. The molecule has 31 heavy (non-hydrogen) atoms. The summed E-state index contributed by atoms with van der Waals surface area (Å²) in [7, 11) is 1.32. The third-order valence-corrected chi connectivity index (χ3v) is 5.36. The van der Waals surface area contributed by atoms with E-state index in [1.165, 1.54) is 25.3 Å². The number of hydrogen-bond acceptors (Lipinski definition) is 10. The Kier molecular flexibility index (Phi) is 5.50. The predicted molar refractivity (Wildman–Crippen MR) is 107 cm³/mol. The van der Waals surface area contributed by atoms with Gasteiger partial charge in [-0.05, 0) is 18.6 Å². The van der Waals surface area contributed by atoms with Gasteiger partial charge in [-0.2, -0.15) is 0 Å². The van der Waals surface area contributed by atoms with Crippen LogP contribution in [0.5, 0.6) is 17.2 Å². The van der Waals surface area contributed by atoms with E-state index in [-0.39, 0.29) is 33.4 Å². The van der Waals surface area contributed by atoms with Crippen molar-refractivity contribution >= 4 is 21.9 Å². The fourth-order valence-electron chi connectivity index (χ4n) is 3.88. The normalized spacial score (nSPS) is 26.4. The lowest BCUT2D eigenvalue weighted by Crippen LogP contribution is -2.60. The van der Waals surface area contributed by atoms with E-state index in [9.17, 15) is 30.3 Å². The van der Waals surface area contributed by atoms with Crippen molar-refractivity contribution in [2.75, 3.05) is 13.7 Å². The van der Waals surface area contributed by atoms with Crippen molar-refractivity contribution in [1.29, 1.82) is 0 Å². The molecular weight excluding hydrogens is 412 g/mol. The zero-order valence-corrected chi connectivity index (χ0v) is 16.7. The topological polar surface area (TPSA) is 159 Å². The van der Waals surface area contributed by atoms with Crippen LogP contribution in [0.25, 0.3) is 21.9 Å². The molecule has 0 unspecified atom stereocenters. The number of phenols is 2. The summed E-state index contributed by atoms with van der Waals surface area (Å²) in [5.74, 6) is -0.506. The summed E-state index contributed by atoms with van der Waals surface area (Å²) in [6, 6.07) is 5.17. The average Bonchev–Trinajstić information content (AvgIpc) is 2.70. The first kappa shape index (κ1) is 21.3. The van der Waals surface area contributed by atoms with Gasteiger partial charge in [-0.25, -0.2) is 0 Å². The van der Waals surface area contributed by atoms with Crippen LogP contribution in [-0.4, -0.2) is 70.0 Å². The molecule has 1 aliphatic rings. The van der Waals surface area contributed by atoms with Crippen LogP contribution in [0.2, 0.25) is 0 Å².